The lowest BCUT2D eigenvalue weighted by Gasteiger charge is -2.28. The maximum Gasteiger partial charge on any atom is 0.253 e. The lowest BCUT2D eigenvalue weighted by Crippen LogP contribution is -2.52. The summed E-state index contributed by atoms with van der Waals surface area (Å²) in [5.41, 5.74) is 0.391. The van der Waals surface area contributed by atoms with Gasteiger partial charge in [-0.25, -0.2) is 0 Å². The fourth-order valence-corrected chi connectivity index (χ4v) is 2.82. The number of piperidine rings is 1. The molecule has 0 bridgehead atoms. The molecule has 5 nitrogen and oxygen atoms in total. The van der Waals surface area contributed by atoms with Gasteiger partial charge in [0.05, 0.1) is 5.56 Å². The van der Waals surface area contributed by atoms with E-state index in [0.717, 1.165) is 4.90 Å². The number of hydrogen-bond acceptors (Lipinski definition) is 3. The van der Waals surface area contributed by atoms with Gasteiger partial charge in [-0.2, -0.15) is 0 Å². The number of imide groups is 1. The number of carbonyl (C=O) groups is 3. The molecule has 1 heterocycles. The van der Waals surface area contributed by atoms with Crippen LogP contribution in [0, 0.1) is 0 Å². The minimum absolute atomic E-state index is 0.229. The number of nitrogens with one attached hydrogen (secondary N) is 1. The van der Waals surface area contributed by atoms with Gasteiger partial charge in [0.2, 0.25) is 5.91 Å². The Morgan fingerprint density at radius 1 is 1.45 bits per heavy atom. The van der Waals surface area contributed by atoms with Crippen molar-refractivity contribution in [2.24, 2.45) is 0 Å². The first kappa shape index (κ1) is 15.0. The monoisotopic (exact) mass is 358 g/mol. The fraction of sp³-hybridized carbons (Fsp3) is 0.308. The summed E-state index contributed by atoms with van der Waals surface area (Å²) >= 11 is 9.07. The van der Waals surface area contributed by atoms with E-state index >= 15 is 0 Å². The number of halogens is 2. The van der Waals surface area contributed by atoms with E-state index in [2.05, 4.69) is 21.2 Å². The molecular weight excluding hydrogens is 348 g/mol. The highest BCUT2D eigenvalue weighted by Crippen LogP contribution is 2.22. The molecule has 1 N–H and O–H groups in total. The number of nitrogens with zero attached hydrogens (tertiary/aromatic N) is 1. The lowest BCUT2D eigenvalue weighted by atomic mass is 10.0. The molecule has 0 radical (unpaired) electrons. The highest BCUT2D eigenvalue weighted by atomic mass is 79.9. The quantitative estimate of drug-likeness (QED) is 0.821. The minimum Gasteiger partial charge on any atom is -0.340 e. The van der Waals surface area contributed by atoms with E-state index in [4.69, 9.17) is 11.6 Å². The Labute approximate surface area is 129 Å². The van der Waals surface area contributed by atoms with Gasteiger partial charge in [0.25, 0.3) is 11.8 Å². The van der Waals surface area contributed by atoms with Gasteiger partial charge in [-0.1, -0.05) is 11.6 Å². The van der Waals surface area contributed by atoms with Crippen molar-refractivity contribution in [2.75, 3.05) is 7.05 Å². The summed E-state index contributed by atoms with van der Waals surface area (Å²) < 4.78 is 0.551. The Balaban J connectivity index is 2.12. The van der Waals surface area contributed by atoms with Crippen molar-refractivity contribution in [1.82, 2.24) is 10.2 Å². The van der Waals surface area contributed by atoms with E-state index in [-0.39, 0.29) is 24.1 Å². The topological polar surface area (TPSA) is 66.5 Å². The number of likely N-dealkylation sites (N-methyl/N-ethyl adjacent to an activating group) is 1. The van der Waals surface area contributed by atoms with Gasteiger partial charge in [-0.05, 0) is 40.5 Å². The maximum atomic E-state index is 12.1. The molecule has 1 aliphatic heterocycles. The van der Waals surface area contributed by atoms with Crippen molar-refractivity contribution in [2.45, 2.75) is 18.9 Å². The number of rotatable bonds is 2. The van der Waals surface area contributed by atoms with E-state index < -0.39 is 6.04 Å². The summed E-state index contributed by atoms with van der Waals surface area (Å²) in [6, 6.07) is 4.10. The summed E-state index contributed by atoms with van der Waals surface area (Å²) in [4.78, 5) is 36.5. The Bertz CT molecular complexity index is 591. The lowest BCUT2D eigenvalue weighted by molar-refractivity contribution is -0.147. The van der Waals surface area contributed by atoms with E-state index in [1.54, 1.807) is 18.2 Å². The molecule has 1 fully saturated rings. The SMILES string of the molecule is CN1C(=O)CCC(NC(=O)c2ccc(Cl)cc2Br)C1=O. The van der Waals surface area contributed by atoms with Gasteiger partial charge in [0.15, 0.2) is 0 Å². The zero-order chi connectivity index (χ0) is 14.9. The van der Waals surface area contributed by atoms with E-state index in [9.17, 15) is 14.4 Å². The molecule has 0 aromatic heterocycles. The molecule has 3 amide bonds. The zero-order valence-corrected chi connectivity index (χ0v) is 13.0. The van der Waals surface area contributed by atoms with Crippen LogP contribution in [0.4, 0.5) is 0 Å². The van der Waals surface area contributed by atoms with Crippen molar-refractivity contribution in [1.29, 1.82) is 0 Å². The molecule has 1 saturated heterocycles. The van der Waals surface area contributed by atoms with Gasteiger partial charge in [-0.15, -0.1) is 0 Å². The number of likely N-dealkylation sites (tertiary alicyclic amines) is 1. The molecule has 0 spiro atoms. The second-order valence-corrected chi connectivity index (χ2v) is 5.77. The molecule has 20 heavy (non-hydrogen) atoms. The van der Waals surface area contributed by atoms with Crippen molar-refractivity contribution < 1.29 is 14.4 Å². The Morgan fingerprint density at radius 3 is 2.80 bits per heavy atom. The minimum atomic E-state index is -0.673. The summed E-state index contributed by atoms with van der Waals surface area (Å²) in [5, 5.41) is 3.15. The first-order valence-corrected chi connectivity index (χ1v) is 7.13. The van der Waals surface area contributed by atoms with Crippen LogP contribution in [0.5, 0.6) is 0 Å². The summed E-state index contributed by atoms with van der Waals surface area (Å²) in [6.45, 7) is 0. The second kappa shape index (κ2) is 5.93. The van der Waals surface area contributed by atoms with Crippen LogP contribution in [-0.4, -0.2) is 35.7 Å². The van der Waals surface area contributed by atoms with Gasteiger partial charge in [0.1, 0.15) is 6.04 Å². The molecule has 1 aliphatic rings. The van der Waals surface area contributed by atoms with Crippen molar-refractivity contribution in [3.05, 3.63) is 33.3 Å². The first-order chi connectivity index (χ1) is 9.40. The van der Waals surface area contributed by atoms with Crippen molar-refractivity contribution >= 4 is 45.3 Å². The molecule has 1 atom stereocenters. The predicted octanol–water partition coefficient (Wildman–Crippen LogP) is 1.98. The number of hydrogen-bond donors (Lipinski definition) is 1. The molecule has 1 aromatic rings. The van der Waals surface area contributed by atoms with Gasteiger partial charge < -0.3 is 5.32 Å². The van der Waals surface area contributed by atoms with Crippen molar-refractivity contribution in [3.63, 3.8) is 0 Å². The third-order valence-corrected chi connectivity index (χ3v) is 4.02. The molecule has 1 unspecified atom stereocenters. The van der Waals surface area contributed by atoms with E-state index in [1.807, 2.05) is 0 Å². The number of carbonyl (C=O) groups excluding carboxylic acids is 3. The predicted molar refractivity (Wildman–Crippen MR) is 77.4 cm³/mol. The van der Waals surface area contributed by atoms with E-state index in [0.29, 0.717) is 21.5 Å². The van der Waals surface area contributed by atoms with Crippen LogP contribution >= 0.6 is 27.5 Å². The van der Waals surface area contributed by atoms with Crippen LogP contribution in [0.25, 0.3) is 0 Å². The van der Waals surface area contributed by atoms with Crippen LogP contribution < -0.4 is 5.32 Å². The zero-order valence-electron chi connectivity index (χ0n) is 10.7. The first-order valence-electron chi connectivity index (χ1n) is 5.96. The molecular formula is C13H12BrClN2O3. The Morgan fingerprint density at radius 2 is 2.15 bits per heavy atom. The normalized spacial score (nSPS) is 19.1. The largest absolute Gasteiger partial charge is 0.340 e. The van der Waals surface area contributed by atoms with E-state index in [1.165, 1.54) is 7.05 Å². The Kier molecular flexibility index (Phi) is 4.45. The second-order valence-electron chi connectivity index (χ2n) is 4.48. The van der Waals surface area contributed by atoms with Crippen LogP contribution in [0.1, 0.15) is 23.2 Å². The van der Waals surface area contributed by atoms with Crippen LogP contribution in [0.3, 0.4) is 0 Å². The Hall–Kier alpha value is -1.40. The molecule has 0 aliphatic carbocycles. The number of benzene rings is 1. The summed E-state index contributed by atoms with van der Waals surface area (Å²) in [6.07, 6.45) is 0.563. The van der Waals surface area contributed by atoms with Crippen molar-refractivity contribution in [3.8, 4) is 0 Å². The highest BCUT2D eigenvalue weighted by Gasteiger charge is 2.33. The van der Waals surface area contributed by atoms with Gasteiger partial charge in [0, 0.05) is 23.0 Å². The summed E-state index contributed by atoms with van der Waals surface area (Å²) in [5.74, 6) is -0.998. The number of amides is 3. The third kappa shape index (κ3) is 3.02. The molecule has 0 saturated carbocycles. The average molecular weight is 360 g/mol. The van der Waals surface area contributed by atoms with Gasteiger partial charge in [-0.3, -0.25) is 19.3 Å². The van der Waals surface area contributed by atoms with Gasteiger partial charge >= 0.3 is 0 Å². The average Bonchev–Trinajstić information content (AvgIpc) is 2.39. The fourth-order valence-electron chi connectivity index (χ4n) is 1.96. The summed E-state index contributed by atoms with van der Waals surface area (Å²) in [7, 11) is 1.42. The van der Waals surface area contributed by atoms with Crippen LogP contribution in [0.2, 0.25) is 5.02 Å². The smallest absolute Gasteiger partial charge is 0.253 e. The third-order valence-electron chi connectivity index (χ3n) is 3.13. The standard InChI is InChI=1S/C13H12BrClN2O3/c1-17-11(18)5-4-10(13(17)20)16-12(19)8-3-2-7(15)6-9(8)14/h2-3,6,10H,4-5H2,1H3,(H,16,19). The molecule has 2 rings (SSSR count). The molecule has 106 valence electrons. The highest BCUT2D eigenvalue weighted by molar-refractivity contribution is 9.10. The van der Waals surface area contributed by atoms with Crippen LogP contribution in [-0.2, 0) is 9.59 Å². The molecule has 7 heteroatoms. The van der Waals surface area contributed by atoms with Crippen LogP contribution in [0.15, 0.2) is 22.7 Å². The molecule has 1 aromatic carbocycles. The maximum absolute atomic E-state index is 12.1.